The molecular weight excluding hydrogens is 1190 g/mol. The summed E-state index contributed by atoms with van der Waals surface area (Å²) >= 11 is 0. The minimum Gasteiger partial charge on any atom is -0.481 e. The number of nitrogens with two attached hydrogens (primary N) is 5. The Kier molecular flexibility index (Phi) is 35.8. The van der Waals surface area contributed by atoms with Crippen molar-refractivity contribution in [3.8, 4) is 0 Å². The van der Waals surface area contributed by atoms with E-state index in [1.54, 1.807) is 27.7 Å². The van der Waals surface area contributed by atoms with E-state index in [-0.39, 0.29) is 82.9 Å². The molecule has 1 rings (SSSR count). The summed E-state index contributed by atoms with van der Waals surface area (Å²) in [7, 11) is 0. The van der Waals surface area contributed by atoms with Gasteiger partial charge in [-0.2, -0.15) is 0 Å². The third-order valence-corrected chi connectivity index (χ3v) is 13.8. The first-order chi connectivity index (χ1) is 42.1. The monoisotopic (exact) mass is 1280 g/mol. The second kappa shape index (κ2) is 40.7. The van der Waals surface area contributed by atoms with Crippen molar-refractivity contribution in [2.75, 3.05) is 39.3 Å². The Hall–Kier alpha value is -8.80. The Balaban J connectivity index is 3.14. The topological polar surface area (TPSA) is 595 Å². The van der Waals surface area contributed by atoms with E-state index in [1.165, 1.54) is 20.8 Å². The number of nitrogens with zero attached hydrogens (tertiary/aromatic N) is 2. The minimum atomic E-state index is -1.65. The molecule has 0 radical (unpaired) electrons. The van der Waals surface area contributed by atoms with Gasteiger partial charge in [-0.1, -0.05) is 27.7 Å². The number of carboxylic acid groups (broad SMARTS) is 2. The standard InChI is InChI=1S/C54H94N18O18/c1-26(2)22-35(48(84)63-25-40(77)72-21-11-14-36(72)51(87)71-43(30(7)73)53(89)90)69-50(86)34(16-17-37(57)74)66-38(75)23-62-47(83)32(13-10-20-60-54(58)59)67-45(81)29(6)64-44(80)28(5)65-49(85)33(12-8-9-19-55)68-52(88)42(27(3)4)70-39(76)24-61-46(82)31(56)15-18-41(78)79/h26-36,42-43,73H,8-25,55-56H2,1-7H3,(H2,57,74)(H,61,82)(H,62,83)(H,63,84)(H,64,80)(H,65,85)(H,66,75)(H,67,81)(H,68,88)(H,69,86)(H,70,76)(H,71,87)(H,78,79)(H,89,90)(H4,58,59,60)/t28-,29-,30+,31-,32-,33-,34-,35-,36-,42-,43-/m0/s1. The van der Waals surface area contributed by atoms with Crippen molar-refractivity contribution in [2.24, 2.45) is 45.5 Å². The van der Waals surface area contributed by atoms with Crippen molar-refractivity contribution in [1.82, 2.24) is 63.4 Å². The molecule has 24 N–H and O–H groups in total. The van der Waals surface area contributed by atoms with Gasteiger partial charge in [0.1, 0.15) is 48.3 Å². The van der Waals surface area contributed by atoms with Gasteiger partial charge in [0.2, 0.25) is 76.8 Å². The zero-order chi connectivity index (χ0) is 68.5. The Morgan fingerprint density at radius 1 is 0.544 bits per heavy atom. The van der Waals surface area contributed by atoms with Crippen molar-refractivity contribution >= 4 is 94.7 Å². The smallest absolute Gasteiger partial charge is 0.328 e. The van der Waals surface area contributed by atoms with Crippen LogP contribution in [0, 0.1) is 11.8 Å². The van der Waals surface area contributed by atoms with Gasteiger partial charge in [0, 0.05) is 25.9 Å². The Morgan fingerprint density at radius 3 is 1.61 bits per heavy atom. The lowest BCUT2D eigenvalue weighted by Crippen LogP contribution is -2.59. The Bertz CT molecular complexity index is 2550. The van der Waals surface area contributed by atoms with E-state index in [1.807, 2.05) is 0 Å². The summed E-state index contributed by atoms with van der Waals surface area (Å²) in [4.78, 5) is 199. The van der Waals surface area contributed by atoms with Gasteiger partial charge in [0.15, 0.2) is 12.0 Å². The Morgan fingerprint density at radius 2 is 1.06 bits per heavy atom. The van der Waals surface area contributed by atoms with E-state index < -0.39 is 187 Å². The number of amides is 13. The number of aliphatic hydroxyl groups is 1. The average molecular weight is 1280 g/mol. The van der Waals surface area contributed by atoms with Crippen LogP contribution in [0.2, 0.25) is 0 Å². The van der Waals surface area contributed by atoms with E-state index in [4.69, 9.17) is 33.8 Å². The fraction of sp³-hybridized carbons (Fsp3) is 0.704. The van der Waals surface area contributed by atoms with Crippen molar-refractivity contribution in [1.29, 1.82) is 0 Å². The number of likely N-dealkylation sites (tertiary alicyclic amines) is 1. The van der Waals surface area contributed by atoms with E-state index in [9.17, 15) is 82.1 Å². The molecule has 0 spiro atoms. The quantitative estimate of drug-likeness (QED) is 0.0153. The third-order valence-electron chi connectivity index (χ3n) is 13.8. The second-order valence-corrected chi connectivity index (χ2v) is 22.4. The van der Waals surface area contributed by atoms with Crippen LogP contribution in [0.4, 0.5) is 0 Å². The molecule has 90 heavy (non-hydrogen) atoms. The van der Waals surface area contributed by atoms with E-state index >= 15 is 0 Å². The highest BCUT2D eigenvalue weighted by Gasteiger charge is 2.38. The molecule has 0 aromatic heterocycles. The molecule has 1 heterocycles. The molecule has 36 nitrogen and oxygen atoms in total. The van der Waals surface area contributed by atoms with Crippen LogP contribution in [-0.2, 0) is 71.9 Å². The molecule has 0 aliphatic carbocycles. The van der Waals surface area contributed by atoms with Crippen LogP contribution < -0.4 is 87.2 Å². The molecule has 0 aromatic carbocycles. The van der Waals surface area contributed by atoms with Gasteiger partial charge < -0.3 is 107 Å². The van der Waals surface area contributed by atoms with Crippen molar-refractivity contribution < 1.29 is 87.2 Å². The number of aliphatic imine (C=N–C) groups is 1. The first kappa shape index (κ1) is 79.2. The maximum absolute atomic E-state index is 13.8. The molecule has 0 aromatic rings. The van der Waals surface area contributed by atoms with Crippen LogP contribution in [0.15, 0.2) is 4.99 Å². The summed E-state index contributed by atoms with van der Waals surface area (Å²) in [6.07, 6.45) is -1.51. The summed E-state index contributed by atoms with van der Waals surface area (Å²) in [6.45, 7) is 8.64. The molecular formula is C54H94N18O18. The van der Waals surface area contributed by atoms with Crippen LogP contribution in [0.5, 0.6) is 0 Å². The molecule has 0 saturated carbocycles. The van der Waals surface area contributed by atoms with E-state index in [0.29, 0.717) is 19.3 Å². The Labute approximate surface area is 520 Å². The molecule has 508 valence electrons. The third kappa shape index (κ3) is 30.4. The fourth-order valence-corrected chi connectivity index (χ4v) is 8.77. The highest BCUT2D eigenvalue weighted by atomic mass is 16.4. The molecule has 1 aliphatic heterocycles. The lowest BCUT2D eigenvalue weighted by molar-refractivity contribution is -0.146. The molecule has 1 fully saturated rings. The predicted molar refractivity (Wildman–Crippen MR) is 320 cm³/mol. The van der Waals surface area contributed by atoms with Gasteiger partial charge in [-0.05, 0) is 103 Å². The molecule has 0 bridgehead atoms. The number of carboxylic acids is 2. The number of hydrogen-bond donors (Lipinski definition) is 19. The number of nitrogens with one attached hydrogen (secondary N) is 11. The van der Waals surface area contributed by atoms with Gasteiger partial charge in [-0.3, -0.25) is 72.1 Å². The van der Waals surface area contributed by atoms with Gasteiger partial charge in [0.25, 0.3) is 0 Å². The second-order valence-electron chi connectivity index (χ2n) is 22.4. The predicted octanol–water partition coefficient (Wildman–Crippen LogP) is -7.95. The molecule has 1 saturated heterocycles. The van der Waals surface area contributed by atoms with Crippen LogP contribution in [0.25, 0.3) is 0 Å². The average Bonchev–Trinajstić information content (AvgIpc) is 1.86. The van der Waals surface area contributed by atoms with Crippen LogP contribution >= 0.6 is 0 Å². The van der Waals surface area contributed by atoms with Crippen molar-refractivity contribution in [3.63, 3.8) is 0 Å². The van der Waals surface area contributed by atoms with Crippen LogP contribution in [-0.4, -0.2) is 221 Å². The zero-order valence-corrected chi connectivity index (χ0v) is 52.0. The minimum absolute atomic E-state index is 0.00496. The summed E-state index contributed by atoms with van der Waals surface area (Å²) in [5.74, 6) is -14.8. The van der Waals surface area contributed by atoms with Gasteiger partial charge in [0.05, 0.1) is 31.8 Å². The lowest BCUT2D eigenvalue weighted by atomic mass is 10.0. The number of aliphatic carboxylic acids is 2. The molecule has 11 atom stereocenters. The number of hydrogen-bond acceptors (Lipinski definition) is 19. The zero-order valence-electron chi connectivity index (χ0n) is 52.0. The van der Waals surface area contributed by atoms with Gasteiger partial charge >= 0.3 is 11.9 Å². The SMILES string of the molecule is CC(C)C[C@H](NC(=O)[C@H](CCC(N)=O)NC(=O)CNC(=O)[C@H](CCCN=C(N)N)NC(=O)[C@H](C)NC(=O)[C@H](C)NC(=O)[C@H](CCCCN)NC(=O)[C@@H](NC(=O)CNC(=O)[C@@H](N)CCC(=O)O)C(C)C)C(=O)NCC(=O)N1CCC[C@H]1C(=O)N[C@H](C(=O)O)[C@@H](C)O. The van der Waals surface area contributed by atoms with E-state index in [2.05, 4.69) is 63.5 Å². The van der Waals surface area contributed by atoms with Crippen LogP contribution in [0.3, 0.4) is 0 Å². The number of carbonyl (C=O) groups is 15. The number of primary amides is 1. The molecule has 36 heteroatoms. The molecule has 1 aliphatic rings. The fourth-order valence-electron chi connectivity index (χ4n) is 8.77. The number of unbranched alkanes of at least 4 members (excludes halogenated alkanes) is 1. The lowest BCUT2D eigenvalue weighted by Gasteiger charge is -2.27. The first-order valence-corrected chi connectivity index (χ1v) is 29.6. The largest absolute Gasteiger partial charge is 0.481 e. The van der Waals surface area contributed by atoms with Crippen molar-refractivity contribution in [2.45, 2.75) is 192 Å². The summed E-state index contributed by atoms with van der Waals surface area (Å²) in [6, 6.07) is -13.4. The molecule has 13 amide bonds. The normalized spacial score (nSPS) is 16.0. The maximum atomic E-state index is 13.8. The number of aliphatic hydroxyl groups excluding tert-OH is 1. The first-order valence-electron chi connectivity index (χ1n) is 29.6. The van der Waals surface area contributed by atoms with Crippen LogP contribution in [0.1, 0.15) is 126 Å². The van der Waals surface area contributed by atoms with Gasteiger partial charge in [-0.15, -0.1) is 0 Å². The molecule has 0 unspecified atom stereocenters. The summed E-state index contributed by atoms with van der Waals surface area (Å²) in [5.41, 5.74) is 27.6. The van der Waals surface area contributed by atoms with Gasteiger partial charge in [-0.25, -0.2) is 4.79 Å². The highest BCUT2D eigenvalue weighted by Crippen LogP contribution is 2.18. The van der Waals surface area contributed by atoms with Crippen molar-refractivity contribution in [3.05, 3.63) is 0 Å². The number of rotatable bonds is 42. The maximum Gasteiger partial charge on any atom is 0.328 e. The highest BCUT2D eigenvalue weighted by molar-refractivity contribution is 5.99. The summed E-state index contributed by atoms with van der Waals surface area (Å²) in [5, 5.41) is 54.7. The van der Waals surface area contributed by atoms with E-state index in [0.717, 1.165) is 4.90 Å². The number of carbonyl (C=O) groups excluding carboxylic acids is 13. The summed E-state index contributed by atoms with van der Waals surface area (Å²) < 4.78 is 0. The number of guanidine groups is 1.